The number of hydrogen-bond acceptors (Lipinski definition) is 2. The normalized spacial score (nSPS) is 13.0. The number of halogens is 1. The minimum atomic E-state index is 0.113. The molecule has 1 aromatic rings. The van der Waals surface area contributed by atoms with Gasteiger partial charge in [-0.1, -0.05) is 37.6 Å². The van der Waals surface area contributed by atoms with E-state index in [9.17, 15) is 4.79 Å². The Kier molecular flexibility index (Phi) is 7.20. The highest BCUT2D eigenvalue weighted by atomic mass is 35.5. The van der Waals surface area contributed by atoms with Crippen LogP contribution in [0, 0.1) is 5.41 Å². The molecule has 21 heavy (non-hydrogen) atoms. The van der Waals surface area contributed by atoms with Crippen LogP contribution in [0.25, 0.3) is 0 Å². The second-order valence-electron chi connectivity index (χ2n) is 6.50. The Balaban J connectivity index is 2.35. The minimum Gasteiger partial charge on any atom is -0.353 e. The van der Waals surface area contributed by atoms with Gasteiger partial charge in [-0.05, 0) is 55.8 Å². The van der Waals surface area contributed by atoms with Crippen LogP contribution in [0.15, 0.2) is 24.3 Å². The summed E-state index contributed by atoms with van der Waals surface area (Å²) in [5.74, 6) is 0.113. The van der Waals surface area contributed by atoms with Crippen LogP contribution in [0.4, 0.5) is 0 Å². The summed E-state index contributed by atoms with van der Waals surface area (Å²) in [7, 11) is 0. The van der Waals surface area contributed by atoms with Crippen LogP contribution in [0.1, 0.15) is 45.6 Å². The Morgan fingerprint density at radius 3 is 2.48 bits per heavy atom. The summed E-state index contributed by atoms with van der Waals surface area (Å²) in [5.41, 5.74) is 6.90. The second kappa shape index (κ2) is 8.40. The summed E-state index contributed by atoms with van der Waals surface area (Å²) in [6, 6.07) is 7.86. The molecule has 0 aromatic heterocycles. The van der Waals surface area contributed by atoms with Crippen molar-refractivity contribution in [3.63, 3.8) is 0 Å². The molecule has 1 rings (SSSR count). The van der Waals surface area contributed by atoms with Crippen molar-refractivity contribution < 1.29 is 4.79 Å². The Bertz CT molecular complexity index is 443. The predicted molar refractivity (Wildman–Crippen MR) is 89.4 cm³/mol. The van der Waals surface area contributed by atoms with E-state index < -0.39 is 0 Å². The van der Waals surface area contributed by atoms with Gasteiger partial charge in [0.1, 0.15) is 0 Å². The van der Waals surface area contributed by atoms with Gasteiger partial charge in [0.2, 0.25) is 5.91 Å². The number of nitrogens with two attached hydrogens (primary N) is 1. The molecule has 0 saturated carbocycles. The molecular weight excluding hydrogens is 284 g/mol. The van der Waals surface area contributed by atoms with E-state index in [2.05, 4.69) is 19.2 Å². The van der Waals surface area contributed by atoms with Crippen molar-refractivity contribution in [1.29, 1.82) is 0 Å². The number of hydrogen-bond donors (Lipinski definition) is 2. The fraction of sp³-hybridized carbons (Fsp3) is 0.588. The summed E-state index contributed by atoms with van der Waals surface area (Å²) in [6.07, 6.45) is 3.18. The molecule has 0 saturated heterocycles. The zero-order chi connectivity index (χ0) is 15.9. The van der Waals surface area contributed by atoms with Crippen LogP contribution in [0.3, 0.4) is 0 Å². The molecule has 118 valence electrons. The Labute approximate surface area is 133 Å². The maximum absolute atomic E-state index is 12.0. The zero-order valence-electron chi connectivity index (χ0n) is 13.3. The predicted octanol–water partition coefficient (Wildman–Crippen LogP) is 3.54. The van der Waals surface area contributed by atoms with Gasteiger partial charge in [0.15, 0.2) is 0 Å². The Morgan fingerprint density at radius 2 is 1.90 bits per heavy atom. The van der Waals surface area contributed by atoms with E-state index >= 15 is 0 Å². The molecule has 1 unspecified atom stereocenters. The van der Waals surface area contributed by atoms with Crippen molar-refractivity contribution in [3.05, 3.63) is 34.9 Å². The van der Waals surface area contributed by atoms with Crippen molar-refractivity contribution in [2.75, 3.05) is 6.54 Å². The van der Waals surface area contributed by atoms with Gasteiger partial charge in [0, 0.05) is 17.5 Å². The fourth-order valence-corrected chi connectivity index (χ4v) is 2.47. The molecule has 0 bridgehead atoms. The third-order valence-electron chi connectivity index (χ3n) is 3.71. The summed E-state index contributed by atoms with van der Waals surface area (Å²) in [4.78, 5) is 12.0. The lowest BCUT2D eigenvalue weighted by atomic mass is 9.84. The maximum Gasteiger partial charge on any atom is 0.220 e. The van der Waals surface area contributed by atoms with Crippen LogP contribution in [0.2, 0.25) is 5.02 Å². The number of amides is 1. The summed E-state index contributed by atoms with van der Waals surface area (Å²) >= 11 is 5.86. The average Bonchev–Trinajstić information content (AvgIpc) is 2.39. The van der Waals surface area contributed by atoms with Gasteiger partial charge < -0.3 is 11.1 Å². The highest BCUT2D eigenvalue weighted by Gasteiger charge is 2.18. The molecule has 0 radical (unpaired) electrons. The summed E-state index contributed by atoms with van der Waals surface area (Å²) in [5, 5.41) is 3.79. The standard InChI is InChI=1S/C17H27ClN2O/c1-13(12-14-4-6-15(18)7-5-14)20-16(21)8-9-17(2,3)10-11-19/h4-7,13H,8-12,19H2,1-3H3,(H,20,21). The average molecular weight is 311 g/mol. The molecule has 0 heterocycles. The van der Waals surface area contributed by atoms with E-state index in [1.165, 1.54) is 5.56 Å². The smallest absolute Gasteiger partial charge is 0.220 e. The first-order valence-corrected chi connectivity index (χ1v) is 7.94. The first-order valence-electron chi connectivity index (χ1n) is 7.56. The van der Waals surface area contributed by atoms with Crippen molar-refractivity contribution in [2.24, 2.45) is 11.1 Å². The molecule has 0 fully saturated rings. The van der Waals surface area contributed by atoms with Crippen LogP contribution < -0.4 is 11.1 Å². The van der Waals surface area contributed by atoms with Gasteiger partial charge in [-0.3, -0.25) is 4.79 Å². The third-order valence-corrected chi connectivity index (χ3v) is 3.96. The Hall–Kier alpha value is -1.06. The molecular formula is C17H27ClN2O. The van der Waals surface area contributed by atoms with Crippen LogP contribution >= 0.6 is 11.6 Å². The molecule has 0 aliphatic rings. The summed E-state index contributed by atoms with van der Waals surface area (Å²) in [6.45, 7) is 7.01. The van der Waals surface area contributed by atoms with Crippen molar-refractivity contribution in [2.45, 2.75) is 52.5 Å². The van der Waals surface area contributed by atoms with Gasteiger partial charge in [0.05, 0.1) is 0 Å². The van der Waals surface area contributed by atoms with Gasteiger partial charge in [0.25, 0.3) is 0 Å². The largest absolute Gasteiger partial charge is 0.353 e. The number of rotatable bonds is 8. The molecule has 4 heteroatoms. The van der Waals surface area contributed by atoms with Crippen LogP contribution in [-0.4, -0.2) is 18.5 Å². The van der Waals surface area contributed by atoms with Crippen molar-refractivity contribution in [1.82, 2.24) is 5.32 Å². The molecule has 1 amide bonds. The molecule has 0 spiro atoms. The van der Waals surface area contributed by atoms with E-state index in [0.717, 1.165) is 24.3 Å². The lowest BCUT2D eigenvalue weighted by Gasteiger charge is -2.24. The van der Waals surface area contributed by atoms with Crippen LogP contribution in [-0.2, 0) is 11.2 Å². The highest BCUT2D eigenvalue weighted by Crippen LogP contribution is 2.25. The van der Waals surface area contributed by atoms with Gasteiger partial charge in [-0.15, -0.1) is 0 Å². The third kappa shape index (κ3) is 7.49. The molecule has 3 N–H and O–H groups in total. The minimum absolute atomic E-state index is 0.113. The van der Waals surface area contributed by atoms with Gasteiger partial charge >= 0.3 is 0 Å². The zero-order valence-corrected chi connectivity index (χ0v) is 14.0. The number of carbonyl (C=O) groups excluding carboxylic acids is 1. The monoisotopic (exact) mass is 310 g/mol. The number of carbonyl (C=O) groups is 1. The lowest BCUT2D eigenvalue weighted by molar-refractivity contribution is -0.122. The molecule has 1 aromatic carbocycles. The van der Waals surface area contributed by atoms with Crippen molar-refractivity contribution in [3.8, 4) is 0 Å². The Morgan fingerprint density at radius 1 is 1.29 bits per heavy atom. The van der Waals surface area contributed by atoms with Gasteiger partial charge in [-0.2, -0.15) is 0 Å². The quantitative estimate of drug-likeness (QED) is 0.771. The van der Waals surface area contributed by atoms with E-state index in [1.54, 1.807) is 0 Å². The summed E-state index contributed by atoms with van der Waals surface area (Å²) < 4.78 is 0. The van der Waals surface area contributed by atoms with E-state index in [-0.39, 0.29) is 17.4 Å². The molecule has 1 atom stereocenters. The highest BCUT2D eigenvalue weighted by molar-refractivity contribution is 6.30. The number of nitrogens with one attached hydrogen (secondary N) is 1. The van der Waals surface area contributed by atoms with E-state index in [1.807, 2.05) is 31.2 Å². The van der Waals surface area contributed by atoms with E-state index in [0.29, 0.717) is 13.0 Å². The molecule has 0 aliphatic heterocycles. The van der Waals surface area contributed by atoms with Gasteiger partial charge in [-0.25, -0.2) is 0 Å². The first-order chi connectivity index (χ1) is 9.82. The van der Waals surface area contributed by atoms with Crippen molar-refractivity contribution >= 4 is 17.5 Å². The SMILES string of the molecule is CC(Cc1ccc(Cl)cc1)NC(=O)CCC(C)(C)CCN. The number of benzene rings is 1. The topological polar surface area (TPSA) is 55.1 Å². The molecule has 3 nitrogen and oxygen atoms in total. The molecule has 0 aliphatic carbocycles. The second-order valence-corrected chi connectivity index (χ2v) is 6.94. The first kappa shape index (κ1) is 18.0. The lowest BCUT2D eigenvalue weighted by Crippen LogP contribution is -2.34. The van der Waals surface area contributed by atoms with E-state index in [4.69, 9.17) is 17.3 Å². The van der Waals surface area contributed by atoms with Crippen LogP contribution in [0.5, 0.6) is 0 Å². The fourth-order valence-electron chi connectivity index (χ4n) is 2.34. The maximum atomic E-state index is 12.0.